The fourth-order valence-corrected chi connectivity index (χ4v) is 2.50. The summed E-state index contributed by atoms with van der Waals surface area (Å²) < 4.78 is 5.01. The van der Waals surface area contributed by atoms with Crippen molar-refractivity contribution in [2.45, 2.75) is 33.1 Å². The number of rotatable bonds is 2. The fraction of sp³-hybridized carbons (Fsp3) is 0.467. The van der Waals surface area contributed by atoms with Gasteiger partial charge in [-0.2, -0.15) is 0 Å². The number of ether oxygens (including phenoxy) is 1. The molecule has 0 radical (unpaired) electrons. The molecule has 0 aromatic heterocycles. The highest BCUT2D eigenvalue weighted by Gasteiger charge is 2.37. The van der Waals surface area contributed by atoms with E-state index in [4.69, 9.17) is 4.74 Å². The van der Waals surface area contributed by atoms with Crippen molar-refractivity contribution in [1.82, 2.24) is 0 Å². The monoisotopic (exact) mass is 261 g/mol. The topological polar surface area (TPSA) is 46.6 Å². The molecule has 4 heteroatoms. The van der Waals surface area contributed by atoms with Crippen molar-refractivity contribution < 1.29 is 14.3 Å². The Morgan fingerprint density at radius 3 is 2.63 bits per heavy atom. The van der Waals surface area contributed by atoms with Crippen molar-refractivity contribution in [2.24, 2.45) is 0 Å². The molecule has 4 nitrogen and oxygen atoms in total. The Kier molecular flexibility index (Phi) is 3.35. The Bertz CT molecular complexity index is 534. The number of carbonyl (C=O) groups excluding carboxylic acids is 2. The third-order valence-corrected chi connectivity index (χ3v) is 3.46. The highest BCUT2D eigenvalue weighted by molar-refractivity contribution is 5.96. The van der Waals surface area contributed by atoms with E-state index in [1.165, 1.54) is 0 Å². The first-order valence-electron chi connectivity index (χ1n) is 6.46. The van der Waals surface area contributed by atoms with Crippen LogP contribution < -0.4 is 4.90 Å². The van der Waals surface area contributed by atoms with E-state index in [1.807, 2.05) is 12.1 Å². The van der Waals surface area contributed by atoms with E-state index in [-0.39, 0.29) is 17.3 Å². The second-order valence-electron chi connectivity index (χ2n) is 5.44. The summed E-state index contributed by atoms with van der Waals surface area (Å²) in [5.74, 6) is -0.293. The van der Waals surface area contributed by atoms with E-state index < -0.39 is 0 Å². The van der Waals surface area contributed by atoms with Gasteiger partial charge in [-0.05, 0) is 30.7 Å². The summed E-state index contributed by atoms with van der Waals surface area (Å²) in [6.07, 6.45) is 0. The van der Waals surface area contributed by atoms with Crippen LogP contribution in [-0.4, -0.2) is 25.0 Å². The van der Waals surface area contributed by atoms with E-state index in [0.29, 0.717) is 18.7 Å². The molecule has 2 rings (SSSR count). The number of carbonyl (C=O) groups is 2. The van der Waals surface area contributed by atoms with Gasteiger partial charge in [0.2, 0.25) is 5.91 Å². The number of benzene rings is 1. The molecule has 1 aliphatic heterocycles. The van der Waals surface area contributed by atoms with Gasteiger partial charge in [0, 0.05) is 24.6 Å². The molecule has 0 saturated carbocycles. The second kappa shape index (κ2) is 4.68. The summed E-state index contributed by atoms with van der Waals surface area (Å²) >= 11 is 0. The van der Waals surface area contributed by atoms with Gasteiger partial charge in [-0.3, -0.25) is 4.79 Å². The van der Waals surface area contributed by atoms with Crippen molar-refractivity contribution in [3.63, 3.8) is 0 Å². The Labute approximate surface area is 113 Å². The minimum atomic E-state index is -0.317. The molecule has 19 heavy (non-hydrogen) atoms. The van der Waals surface area contributed by atoms with Crippen molar-refractivity contribution in [2.75, 3.05) is 18.1 Å². The number of amides is 1. The van der Waals surface area contributed by atoms with E-state index in [2.05, 4.69) is 13.8 Å². The molecule has 0 spiro atoms. The van der Waals surface area contributed by atoms with Crippen LogP contribution >= 0.6 is 0 Å². The summed E-state index contributed by atoms with van der Waals surface area (Å²) in [6.45, 7) is 8.49. The van der Waals surface area contributed by atoms with Crippen LogP contribution in [0.15, 0.2) is 18.2 Å². The van der Waals surface area contributed by atoms with Crippen LogP contribution in [0, 0.1) is 0 Å². The molecule has 0 unspecified atom stereocenters. The molecule has 0 bridgehead atoms. The lowest BCUT2D eigenvalue weighted by atomic mass is 9.86. The smallest absolute Gasteiger partial charge is 0.338 e. The van der Waals surface area contributed by atoms with Gasteiger partial charge in [0.15, 0.2) is 0 Å². The Balaban J connectivity index is 2.45. The van der Waals surface area contributed by atoms with Crippen molar-refractivity contribution in [3.05, 3.63) is 29.3 Å². The molecular formula is C15H19NO3. The molecule has 0 saturated heterocycles. The first-order chi connectivity index (χ1) is 8.86. The van der Waals surface area contributed by atoms with Gasteiger partial charge < -0.3 is 9.64 Å². The fourth-order valence-electron chi connectivity index (χ4n) is 2.50. The van der Waals surface area contributed by atoms with E-state index in [0.717, 1.165) is 11.3 Å². The number of anilines is 1. The average Bonchev–Trinajstić information content (AvgIpc) is 2.62. The lowest BCUT2D eigenvalue weighted by Crippen LogP contribution is -2.31. The first kappa shape index (κ1) is 13.6. The highest BCUT2D eigenvalue weighted by atomic mass is 16.5. The number of esters is 1. The van der Waals surface area contributed by atoms with Gasteiger partial charge in [-0.25, -0.2) is 4.79 Å². The maximum Gasteiger partial charge on any atom is 0.338 e. The van der Waals surface area contributed by atoms with Gasteiger partial charge in [0.25, 0.3) is 0 Å². The van der Waals surface area contributed by atoms with Crippen LogP contribution in [-0.2, 0) is 14.9 Å². The molecule has 0 atom stereocenters. The zero-order chi connectivity index (χ0) is 14.2. The Morgan fingerprint density at radius 2 is 2.05 bits per heavy atom. The van der Waals surface area contributed by atoms with Gasteiger partial charge in [-0.15, -0.1) is 0 Å². The van der Waals surface area contributed by atoms with Crippen molar-refractivity contribution in [3.8, 4) is 0 Å². The minimum Gasteiger partial charge on any atom is -0.462 e. The first-order valence-corrected chi connectivity index (χ1v) is 6.46. The standard InChI is InChI=1S/C15H19NO3/c1-5-19-14(18)11-6-7-13-12(8-11)15(3,4)9-16(13)10(2)17/h6-8H,5,9H2,1-4H3. The molecule has 102 valence electrons. The molecule has 1 aliphatic rings. The SMILES string of the molecule is CCOC(=O)c1ccc2c(c1)C(C)(C)CN2C(C)=O. The summed E-state index contributed by atoms with van der Waals surface area (Å²) in [4.78, 5) is 25.2. The van der Waals surface area contributed by atoms with Crippen LogP contribution in [0.2, 0.25) is 0 Å². The lowest BCUT2D eigenvalue weighted by molar-refractivity contribution is -0.116. The van der Waals surface area contributed by atoms with Gasteiger partial charge in [0.1, 0.15) is 0 Å². The molecule has 1 heterocycles. The van der Waals surface area contributed by atoms with E-state index in [1.54, 1.807) is 24.8 Å². The lowest BCUT2D eigenvalue weighted by Gasteiger charge is -2.19. The maximum atomic E-state index is 11.8. The third kappa shape index (κ3) is 2.35. The predicted octanol–water partition coefficient (Wildman–Crippen LogP) is 2.51. The predicted molar refractivity (Wildman–Crippen MR) is 73.5 cm³/mol. The normalized spacial score (nSPS) is 16.1. The Morgan fingerprint density at radius 1 is 1.37 bits per heavy atom. The largest absolute Gasteiger partial charge is 0.462 e. The molecule has 0 fully saturated rings. The van der Waals surface area contributed by atoms with Crippen LogP contribution in [0.4, 0.5) is 5.69 Å². The maximum absolute atomic E-state index is 11.8. The molecule has 1 aromatic carbocycles. The molecule has 0 N–H and O–H groups in total. The van der Waals surface area contributed by atoms with Crippen molar-refractivity contribution >= 4 is 17.6 Å². The van der Waals surface area contributed by atoms with Gasteiger partial charge in [0.05, 0.1) is 12.2 Å². The van der Waals surface area contributed by atoms with Crippen LogP contribution in [0.3, 0.4) is 0 Å². The highest BCUT2D eigenvalue weighted by Crippen LogP contribution is 2.40. The number of nitrogens with zero attached hydrogens (tertiary/aromatic N) is 1. The summed E-state index contributed by atoms with van der Waals surface area (Å²) in [6, 6.07) is 5.39. The molecule has 0 aliphatic carbocycles. The Hall–Kier alpha value is -1.84. The van der Waals surface area contributed by atoms with E-state index >= 15 is 0 Å². The summed E-state index contributed by atoms with van der Waals surface area (Å²) in [5.41, 5.74) is 2.31. The van der Waals surface area contributed by atoms with Crippen molar-refractivity contribution in [1.29, 1.82) is 0 Å². The summed E-state index contributed by atoms with van der Waals surface area (Å²) in [5, 5.41) is 0. The number of fused-ring (bicyclic) bond motifs is 1. The van der Waals surface area contributed by atoms with Crippen LogP contribution in [0.5, 0.6) is 0 Å². The third-order valence-electron chi connectivity index (χ3n) is 3.46. The summed E-state index contributed by atoms with van der Waals surface area (Å²) in [7, 11) is 0. The molecule has 1 amide bonds. The second-order valence-corrected chi connectivity index (χ2v) is 5.44. The average molecular weight is 261 g/mol. The molecule has 1 aromatic rings. The van der Waals surface area contributed by atoms with Gasteiger partial charge in [-0.1, -0.05) is 13.8 Å². The van der Waals surface area contributed by atoms with Crippen LogP contribution in [0.1, 0.15) is 43.6 Å². The van der Waals surface area contributed by atoms with Crippen LogP contribution in [0.25, 0.3) is 0 Å². The zero-order valence-electron chi connectivity index (χ0n) is 11.8. The van der Waals surface area contributed by atoms with Gasteiger partial charge >= 0.3 is 5.97 Å². The number of hydrogen-bond donors (Lipinski definition) is 0. The zero-order valence-corrected chi connectivity index (χ0v) is 11.8. The minimum absolute atomic E-state index is 0.0238. The quantitative estimate of drug-likeness (QED) is 0.768. The molecular weight excluding hydrogens is 242 g/mol. The number of hydrogen-bond acceptors (Lipinski definition) is 3. The van der Waals surface area contributed by atoms with E-state index in [9.17, 15) is 9.59 Å².